The van der Waals surface area contributed by atoms with Crippen LogP contribution in [0.3, 0.4) is 0 Å². The van der Waals surface area contributed by atoms with Crippen LogP contribution in [0.15, 0.2) is 24.3 Å². The summed E-state index contributed by atoms with van der Waals surface area (Å²) in [6.45, 7) is 1.88. The van der Waals surface area contributed by atoms with Gasteiger partial charge in [-0.2, -0.15) is 0 Å². The smallest absolute Gasteiger partial charge is 0.0717 e. The Hall–Kier alpha value is -0.130. The lowest BCUT2D eigenvalue weighted by atomic mass is 10.2. The molecule has 0 bridgehead atoms. The van der Waals surface area contributed by atoms with E-state index in [9.17, 15) is 0 Å². The molecule has 3 heteroatoms. The van der Waals surface area contributed by atoms with E-state index in [0.29, 0.717) is 19.8 Å². The van der Waals surface area contributed by atoms with Crippen molar-refractivity contribution in [2.45, 2.75) is 6.61 Å². The van der Waals surface area contributed by atoms with Crippen LogP contribution in [-0.2, 0) is 11.3 Å². The first-order chi connectivity index (χ1) is 5.83. The van der Waals surface area contributed by atoms with Crippen LogP contribution >= 0.6 is 22.6 Å². The lowest BCUT2D eigenvalue weighted by Gasteiger charge is -2.01. The highest BCUT2D eigenvalue weighted by atomic mass is 127. The zero-order valence-electron chi connectivity index (χ0n) is 6.79. The van der Waals surface area contributed by atoms with Gasteiger partial charge < -0.3 is 10.5 Å². The van der Waals surface area contributed by atoms with Crippen molar-refractivity contribution in [1.29, 1.82) is 0 Å². The molecule has 0 heterocycles. The van der Waals surface area contributed by atoms with Crippen molar-refractivity contribution >= 4 is 22.6 Å². The highest BCUT2D eigenvalue weighted by Gasteiger charge is 1.91. The Kier molecular flexibility index (Phi) is 4.57. The quantitative estimate of drug-likeness (QED) is 0.672. The van der Waals surface area contributed by atoms with E-state index >= 15 is 0 Å². The highest BCUT2D eigenvalue weighted by Crippen LogP contribution is 2.07. The molecule has 0 aliphatic heterocycles. The van der Waals surface area contributed by atoms with E-state index in [0.717, 1.165) is 0 Å². The molecule has 0 atom stereocenters. The number of hydrogen-bond donors (Lipinski definition) is 1. The van der Waals surface area contributed by atoms with Gasteiger partial charge in [0.25, 0.3) is 0 Å². The minimum absolute atomic E-state index is 0.588. The summed E-state index contributed by atoms with van der Waals surface area (Å²) in [5, 5.41) is 0. The van der Waals surface area contributed by atoms with Crippen molar-refractivity contribution in [3.63, 3.8) is 0 Å². The summed E-state index contributed by atoms with van der Waals surface area (Å²) in [7, 11) is 0. The average molecular weight is 277 g/mol. The molecule has 0 amide bonds. The number of ether oxygens (including phenoxy) is 1. The van der Waals surface area contributed by atoms with Gasteiger partial charge in [-0.3, -0.25) is 0 Å². The molecule has 0 unspecified atom stereocenters. The van der Waals surface area contributed by atoms with Gasteiger partial charge in [-0.05, 0) is 40.3 Å². The predicted molar refractivity (Wildman–Crippen MR) is 57.9 cm³/mol. The molecule has 0 aliphatic rings. The highest BCUT2D eigenvalue weighted by molar-refractivity contribution is 14.1. The van der Waals surface area contributed by atoms with Gasteiger partial charge in [0, 0.05) is 10.1 Å². The molecule has 0 saturated heterocycles. The molecule has 0 saturated carbocycles. The topological polar surface area (TPSA) is 35.2 Å². The Morgan fingerprint density at radius 1 is 1.25 bits per heavy atom. The van der Waals surface area contributed by atoms with E-state index in [1.807, 2.05) is 0 Å². The van der Waals surface area contributed by atoms with Gasteiger partial charge >= 0.3 is 0 Å². The summed E-state index contributed by atoms with van der Waals surface area (Å²) in [6, 6.07) is 8.28. The second-order valence-corrected chi connectivity index (χ2v) is 3.71. The molecule has 0 spiro atoms. The van der Waals surface area contributed by atoms with Gasteiger partial charge in [-0.15, -0.1) is 0 Å². The fourth-order valence-electron chi connectivity index (χ4n) is 0.854. The molecule has 0 radical (unpaired) electrons. The molecular weight excluding hydrogens is 265 g/mol. The third-order valence-electron chi connectivity index (χ3n) is 1.44. The van der Waals surface area contributed by atoms with Gasteiger partial charge in [0.1, 0.15) is 0 Å². The van der Waals surface area contributed by atoms with Crippen molar-refractivity contribution in [1.82, 2.24) is 0 Å². The molecule has 0 fully saturated rings. The summed E-state index contributed by atoms with van der Waals surface area (Å²) >= 11 is 2.28. The minimum Gasteiger partial charge on any atom is -0.375 e. The predicted octanol–water partition coefficient (Wildman–Crippen LogP) is 1.77. The van der Waals surface area contributed by atoms with Crippen LogP contribution < -0.4 is 5.73 Å². The zero-order valence-corrected chi connectivity index (χ0v) is 8.95. The molecule has 1 aromatic carbocycles. The molecule has 1 rings (SSSR count). The molecule has 66 valence electrons. The van der Waals surface area contributed by atoms with Gasteiger partial charge in [-0.25, -0.2) is 0 Å². The van der Waals surface area contributed by atoms with E-state index in [2.05, 4.69) is 46.9 Å². The first kappa shape index (κ1) is 9.95. The van der Waals surface area contributed by atoms with E-state index in [-0.39, 0.29) is 0 Å². The van der Waals surface area contributed by atoms with Crippen LogP contribution in [0.1, 0.15) is 5.56 Å². The Morgan fingerprint density at radius 2 is 1.92 bits per heavy atom. The SMILES string of the molecule is NCCOCc1ccc(I)cc1. The van der Waals surface area contributed by atoms with Crippen LogP contribution in [-0.4, -0.2) is 13.2 Å². The maximum Gasteiger partial charge on any atom is 0.0717 e. The van der Waals surface area contributed by atoms with Crippen LogP contribution in [0.25, 0.3) is 0 Å². The second kappa shape index (κ2) is 5.50. The third-order valence-corrected chi connectivity index (χ3v) is 2.16. The number of benzene rings is 1. The Morgan fingerprint density at radius 3 is 2.50 bits per heavy atom. The second-order valence-electron chi connectivity index (χ2n) is 2.47. The maximum absolute atomic E-state index is 5.29. The summed E-state index contributed by atoms with van der Waals surface area (Å²) < 4.78 is 6.53. The number of rotatable bonds is 4. The average Bonchev–Trinajstić information content (AvgIpc) is 2.09. The van der Waals surface area contributed by atoms with E-state index < -0.39 is 0 Å². The molecule has 0 aliphatic carbocycles. The zero-order chi connectivity index (χ0) is 8.81. The molecular formula is C9H12INO. The van der Waals surface area contributed by atoms with Crippen LogP contribution in [0.5, 0.6) is 0 Å². The summed E-state index contributed by atoms with van der Waals surface area (Å²) in [4.78, 5) is 0. The normalized spacial score (nSPS) is 10.2. The van der Waals surface area contributed by atoms with Gasteiger partial charge in [-0.1, -0.05) is 12.1 Å². The fraction of sp³-hybridized carbons (Fsp3) is 0.333. The number of nitrogens with two attached hydrogens (primary N) is 1. The molecule has 0 aromatic heterocycles. The molecule has 12 heavy (non-hydrogen) atoms. The molecule has 2 N–H and O–H groups in total. The van der Waals surface area contributed by atoms with E-state index in [1.165, 1.54) is 9.13 Å². The third kappa shape index (κ3) is 3.51. The van der Waals surface area contributed by atoms with Crippen molar-refractivity contribution in [3.8, 4) is 0 Å². The summed E-state index contributed by atoms with van der Waals surface area (Å²) in [5.74, 6) is 0. The van der Waals surface area contributed by atoms with Crippen molar-refractivity contribution < 1.29 is 4.74 Å². The van der Waals surface area contributed by atoms with E-state index in [1.54, 1.807) is 0 Å². The standard InChI is InChI=1S/C9H12INO/c10-9-3-1-8(2-4-9)7-12-6-5-11/h1-4H,5-7,11H2. The van der Waals surface area contributed by atoms with Gasteiger partial charge in [0.05, 0.1) is 13.2 Å². The monoisotopic (exact) mass is 277 g/mol. The Balaban J connectivity index is 2.37. The van der Waals surface area contributed by atoms with Crippen LogP contribution in [0.4, 0.5) is 0 Å². The maximum atomic E-state index is 5.29. The Labute approximate surface area is 86.2 Å². The molecule has 1 aromatic rings. The van der Waals surface area contributed by atoms with Crippen LogP contribution in [0, 0.1) is 3.57 Å². The minimum atomic E-state index is 0.588. The van der Waals surface area contributed by atoms with Crippen molar-refractivity contribution in [3.05, 3.63) is 33.4 Å². The summed E-state index contributed by atoms with van der Waals surface area (Å²) in [5.41, 5.74) is 6.49. The van der Waals surface area contributed by atoms with Gasteiger partial charge in [0.2, 0.25) is 0 Å². The summed E-state index contributed by atoms with van der Waals surface area (Å²) in [6.07, 6.45) is 0. The largest absolute Gasteiger partial charge is 0.375 e. The number of hydrogen-bond acceptors (Lipinski definition) is 2. The first-order valence-electron chi connectivity index (χ1n) is 3.85. The molecule has 2 nitrogen and oxygen atoms in total. The first-order valence-corrected chi connectivity index (χ1v) is 4.93. The van der Waals surface area contributed by atoms with Crippen molar-refractivity contribution in [2.24, 2.45) is 5.73 Å². The fourth-order valence-corrected chi connectivity index (χ4v) is 1.21. The lowest BCUT2D eigenvalue weighted by Crippen LogP contribution is -2.08. The Bertz CT molecular complexity index is 222. The lowest BCUT2D eigenvalue weighted by molar-refractivity contribution is 0.128. The van der Waals surface area contributed by atoms with Crippen molar-refractivity contribution in [2.75, 3.05) is 13.2 Å². The van der Waals surface area contributed by atoms with Gasteiger partial charge in [0.15, 0.2) is 0 Å². The van der Waals surface area contributed by atoms with Crippen LogP contribution in [0.2, 0.25) is 0 Å². The van der Waals surface area contributed by atoms with E-state index in [4.69, 9.17) is 10.5 Å². The number of halogens is 1.